The number of anilines is 1. The molecule has 0 fully saturated rings. The molecule has 0 aliphatic carbocycles. The Hall–Kier alpha value is -3.03. The number of rotatable bonds is 4. The summed E-state index contributed by atoms with van der Waals surface area (Å²) in [5.74, 6) is -0.894. The highest BCUT2D eigenvalue weighted by Gasteiger charge is 2.14. The fraction of sp³-hybridized carbons (Fsp3) is 0.0500. The number of amides is 1. The van der Waals surface area contributed by atoms with Gasteiger partial charge in [0.05, 0.1) is 11.8 Å². The molecule has 4 rings (SSSR count). The second kappa shape index (κ2) is 7.53. The highest BCUT2D eigenvalue weighted by atomic mass is 35.5. The quantitative estimate of drug-likeness (QED) is 0.533. The van der Waals surface area contributed by atoms with Crippen LogP contribution in [-0.4, -0.2) is 15.5 Å². The van der Waals surface area contributed by atoms with E-state index in [9.17, 15) is 14.0 Å². The molecule has 0 unspecified atom stereocenters. The van der Waals surface area contributed by atoms with Gasteiger partial charge in [-0.1, -0.05) is 29.8 Å². The molecule has 0 aliphatic heterocycles. The Morgan fingerprint density at radius 1 is 1.21 bits per heavy atom. The van der Waals surface area contributed by atoms with Gasteiger partial charge in [0.15, 0.2) is 0 Å². The fourth-order valence-electron chi connectivity index (χ4n) is 2.81. The summed E-state index contributed by atoms with van der Waals surface area (Å²) in [7, 11) is 0. The van der Waals surface area contributed by atoms with Crippen LogP contribution < -0.4 is 10.9 Å². The lowest BCUT2D eigenvalue weighted by atomic mass is 10.1. The van der Waals surface area contributed by atoms with Crippen molar-refractivity contribution in [2.24, 2.45) is 0 Å². The Labute approximate surface area is 168 Å². The minimum absolute atomic E-state index is 0.216. The van der Waals surface area contributed by atoms with Gasteiger partial charge in [-0.15, -0.1) is 11.3 Å². The third kappa shape index (κ3) is 3.67. The van der Waals surface area contributed by atoms with Gasteiger partial charge in [-0.25, -0.2) is 9.37 Å². The van der Waals surface area contributed by atoms with Crippen molar-refractivity contribution in [1.82, 2.24) is 9.55 Å². The maximum Gasteiger partial charge on any atom is 0.271 e. The molecule has 0 atom stereocenters. The summed E-state index contributed by atoms with van der Waals surface area (Å²) < 4.78 is 14.9. The summed E-state index contributed by atoms with van der Waals surface area (Å²) in [5.41, 5.74) is 2.35. The van der Waals surface area contributed by atoms with Crippen molar-refractivity contribution in [3.8, 4) is 11.1 Å². The molecule has 28 heavy (non-hydrogen) atoms. The van der Waals surface area contributed by atoms with Crippen LogP contribution >= 0.6 is 22.9 Å². The minimum Gasteiger partial charge on any atom is -0.324 e. The number of carbonyl (C=O) groups is 1. The van der Waals surface area contributed by atoms with Crippen LogP contribution in [0.25, 0.3) is 21.3 Å². The molecule has 140 valence electrons. The topological polar surface area (TPSA) is 64.0 Å². The van der Waals surface area contributed by atoms with E-state index in [2.05, 4.69) is 10.3 Å². The number of thiophene rings is 1. The normalized spacial score (nSPS) is 10.9. The first-order chi connectivity index (χ1) is 13.5. The number of fused-ring (bicyclic) bond motifs is 1. The van der Waals surface area contributed by atoms with E-state index in [0.29, 0.717) is 20.9 Å². The Kier molecular flexibility index (Phi) is 4.93. The fourth-order valence-corrected chi connectivity index (χ4v) is 3.91. The highest BCUT2D eigenvalue weighted by Crippen LogP contribution is 2.31. The number of nitrogens with one attached hydrogen (secondary N) is 1. The van der Waals surface area contributed by atoms with Gasteiger partial charge in [0.1, 0.15) is 17.1 Å². The molecule has 2 aromatic heterocycles. The van der Waals surface area contributed by atoms with Crippen molar-refractivity contribution in [3.05, 3.63) is 81.4 Å². The van der Waals surface area contributed by atoms with Crippen molar-refractivity contribution < 1.29 is 9.18 Å². The highest BCUT2D eigenvalue weighted by molar-refractivity contribution is 7.17. The first-order valence-electron chi connectivity index (χ1n) is 8.29. The number of hydrogen-bond acceptors (Lipinski definition) is 4. The average Bonchev–Trinajstić information content (AvgIpc) is 3.09. The SMILES string of the molecule is O=C(Cn1cnc2c(-c3ccc(Cl)cc3)csc2c1=O)Nc1cccc(F)c1. The van der Waals surface area contributed by atoms with Gasteiger partial charge in [-0.3, -0.25) is 14.2 Å². The Balaban J connectivity index is 1.61. The molecular formula is C20H13ClFN3O2S. The molecular weight excluding hydrogens is 401 g/mol. The molecule has 5 nitrogen and oxygen atoms in total. The summed E-state index contributed by atoms with van der Waals surface area (Å²) in [6.07, 6.45) is 1.35. The predicted octanol–water partition coefficient (Wildman–Crippen LogP) is 4.56. The van der Waals surface area contributed by atoms with Gasteiger partial charge in [-0.05, 0) is 35.9 Å². The lowest BCUT2D eigenvalue weighted by molar-refractivity contribution is -0.116. The summed E-state index contributed by atoms with van der Waals surface area (Å²) >= 11 is 7.20. The van der Waals surface area contributed by atoms with Crippen LogP contribution in [0.3, 0.4) is 0 Å². The van der Waals surface area contributed by atoms with Gasteiger partial charge in [-0.2, -0.15) is 0 Å². The molecule has 1 N–H and O–H groups in total. The van der Waals surface area contributed by atoms with Crippen molar-refractivity contribution in [2.75, 3.05) is 5.32 Å². The van der Waals surface area contributed by atoms with E-state index in [4.69, 9.17) is 11.6 Å². The van der Waals surface area contributed by atoms with Crippen LogP contribution in [0, 0.1) is 5.82 Å². The lowest BCUT2D eigenvalue weighted by Crippen LogP contribution is -2.27. The van der Waals surface area contributed by atoms with Crippen molar-refractivity contribution in [3.63, 3.8) is 0 Å². The molecule has 1 amide bonds. The van der Waals surface area contributed by atoms with Crippen LogP contribution in [0.4, 0.5) is 10.1 Å². The number of carbonyl (C=O) groups excluding carboxylic acids is 1. The Morgan fingerprint density at radius 3 is 2.75 bits per heavy atom. The molecule has 0 radical (unpaired) electrons. The van der Waals surface area contributed by atoms with Crippen LogP contribution in [0.2, 0.25) is 5.02 Å². The zero-order valence-electron chi connectivity index (χ0n) is 14.4. The zero-order valence-corrected chi connectivity index (χ0v) is 15.9. The second-order valence-corrected chi connectivity index (χ2v) is 7.39. The maximum atomic E-state index is 13.2. The number of hydrogen-bond donors (Lipinski definition) is 1. The Morgan fingerprint density at radius 2 is 2.00 bits per heavy atom. The molecule has 0 aliphatic rings. The number of benzene rings is 2. The molecule has 0 saturated heterocycles. The summed E-state index contributed by atoms with van der Waals surface area (Å²) in [6.45, 7) is -0.216. The zero-order chi connectivity index (χ0) is 19.7. The van der Waals surface area contributed by atoms with E-state index in [1.165, 1.54) is 40.4 Å². The van der Waals surface area contributed by atoms with E-state index >= 15 is 0 Å². The molecule has 4 aromatic rings. The summed E-state index contributed by atoms with van der Waals surface area (Å²) in [6, 6.07) is 12.8. The van der Waals surface area contributed by atoms with Gasteiger partial charge in [0, 0.05) is 21.7 Å². The largest absolute Gasteiger partial charge is 0.324 e. The average molecular weight is 414 g/mol. The monoisotopic (exact) mass is 413 g/mol. The first kappa shape index (κ1) is 18.3. The van der Waals surface area contributed by atoms with Crippen LogP contribution in [0.5, 0.6) is 0 Å². The van der Waals surface area contributed by atoms with Crippen molar-refractivity contribution >= 4 is 44.7 Å². The summed E-state index contributed by atoms with van der Waals surface area (Å²) in [4.78, 5) is 29.3. The molecule has 0 spiro atoms. The summed E-state index contributed by atoms with van der Waals surface area (Å²) in [5, 5.41) is 5.06. The maximum absolute atomic E-state index is 13.2. The van der Waals surface area contributed by atoms with Crippen LogP contribution in [-0.2, 0) is 11.3 Å². The lowest BCUT2D eigenvalue weighted by Gasteiger charge is -2.07. The second-order valence-electron chi connectivity index (χ2n) is 6.07. The van der Waals surface area contributed by atoms with Gasteiger partial charge in [0.25, 0.3) is 5.56 Å². The molecule has 0 bridgehead atoms. The van der Waals surface area contributed by atoms with E-state index < -0.39 is 11.7 Å². The van der Waals surface area contributed by atoms with Gasteiger partial charge in [0.2, 0.25) is 5.91 Å². The minimum atomic E-state index is -0.452. The van der Waals surface area contributed by atoms with E-state index in [-0.39, 0.29) is 12.1 Å². The number of halogens is 2. The molecule has 0 saturated carbocycles. The first-order valence-corrected chi connectivity index (χ1v) is 9.55. The Bertz CT molecular complexity index is 1230. The third-order valence-electron chi connectivity index (χ3n) is 4.12. The van der Waals surface area contributed by atoms with Gasteiger partial charge >= 0.3 is 0 Å². The van der Waals surface area contributed by atoms with Gasteiger partial charge < -0.3 is 5.32 Å². The van der Waals surface area contributed by atoms with Crippen molar-refractivity contribution in [1.29, 1.82) is 0 Å². The number of aromatic nitrogens is 2. The third-order valence-corrected chi connectivity index (χ3v) is 5.33. The standard InChI is InChI=1S/C20H13ClFN3O2S/c21-13-6-4-12(5-7-13)16-10-28-19-18(16)23-11-25(20(19)27)9-17(26)24-15-3-1-2-14(22)8-15/h1-8,10-11H,9H2,(H,24,26). The van der Waals surface area contributed by atoms with E-state index in [1.807, 2.05) is 17.5 Å². The van der Waals surface area contributed by atoms with Crippen LogP contribution in [0.15, 0.2) is 65.0 Å². The smallest absolute Gasteiger partial charge is 0.271 e. The van der Waals surface area contributed by atoms with Crippen LogP contribution in [0.1, 0.15) is 0 Å². The molecule has 2 aromatic carbocycles. The predicted molar refractivity (Wildman–Crippen MR) is 109 cm³/mol. The molecule has 2 heterocycles. The van der Waals surface area contributed by atoms with Crippen molar-refractivity contribution in [2.45, 2.75) is 6.54 Å². The molecule has 8 heteroatoms. The number of nitrogens with zero attached hydrogens (tertiary/aromatic N) is 2. The van der Waals surface area contributed by atoms with E-state index in [1.54, 1.807) is 18.2 Å². The van der Waals surface area contributed by atoms with E-state index in [0.717, 1.165) is 11.1 Å².